The standard InChI is InChI=1S/C15H17FN4/c1-9(15-10(2)19-20(4)11(15)3)18-13-5-6-14(16)12(7-13)8-17/h5-7,9,18H,1-4H3. The molecule has 4 nitrogen and oxygen atoms in total. The highest BCUT2D eigenvalue weighted by molar-refractivity contribution is 5.51. The van der Waals surface area contributed by atoms with E-state index in [1.807, 2.05) is 38.6 Å². The molecule has 0 fully saturated rings. The summed E-state index contributed by atoms with van der Waals surface area (Å²) in [5.41, 5.74) is 3.94. The first-order valence-electron chi connectivity index (χ1n) is 6.40. The first-order chi connectivity index (χ1) is 9.43. The minimum atomic E-state index is -0.501. The third-order valence-corrected chi connectivity index (χ3v) is 3.47. The average molecular weight is 272 g/mol. The zero-order valence-corrected chi connectivity index (χ0v) is 12.0. The summed E-state index contributed by atoms with van der Waals surface area (Å²) in [5.74, 6) is -0.501. The smallest absolute Gasteiger partial charge is 0.141 e. The first kappa shape index (κ1) is 14.1. The Bertz CT molecular complexity index is 682. The van der Waals surface area contributed by atoms with Gasteiger partial charge in [-0.3, -0.25) is 4.68 Å². The molecular formula is C15H17FN4. The lowest BCUT2D eigenvalue weighted by atomic mass is 10.1. The minimum Gasteiger partial charge on any atom is -0.378 e. The predicted molar refractivity (Wildman–Crippen MR) is 75.8 cm³/mol. The Morgan fingerprint density at radius 1 is 1.40 bits per heavy atom. The average Bonchev–Trinajstić information content (AvgIpc) is 2.65. The van der Waals surface area contributed by atoms with Gasteiger partial charge in [-0.05, 0) is 39.0 Å². The third kappa shape index (κ3) is 2.50. The van der Waals surface area contributed by atoms with Gasteiger partial charge in [0.25, 0.3) is 0 Å². The molecule has 1 unspecified atom stereocenters. The molecule has 2 aromatic rings. The van der Waals surface area contributed by atoms with Crippen molar-refractivity contribution >= 4 is 5.69 Å². The van der Waals surface area contributed by atoms with Crippen LogP contribution in [-0.4, -0.2) is 9.78 Å². The van der Waals surface area contributed by atoms with Gasteiger partial charge in [0.2, 0.25) is 0 Å². The fraction of sp³-hybridized carbons (Fsp3) is 0.333. The molecule has 0 amide bonds. The van der Waals surface area contributed by atoms with E-state index in [1.54, 1.807) is 6.07 Å². The highest BCUT2D eigenvalue weighted by atomic mass is 19.1. The quantitative estimate of drug-likeness (QED) is 0.933. The van der Waals surface area contributed by atoms with Crippen LogP contribution in [0.3, 0.4) is 0 Å². The lowest BCUT2D eigenvalue weighted by molar-refractivity contribution is 0.624. The van der Waals surface area contributed by atoms with E-state index in [4.69, 9.17) is 5.26 Å². The molecule has 20 heavy (non-hydrogen) atoms. The SMILES string of the molecule is Cc1nn(C)c(C)c1C(C)Nc1ccc(F)c(C#N)c1. The summed E-state index contributed by atoms with van der Waals surface area (Å²) < 4.78 is 15.1. The second-order valence-electron chi connectivity index (χ2n) is 4.88. The van der Waals surface area contributed by atoms with E-state index in [0.717, 1.165) is 22.6 Å². The maximum absolute atomic E-state index is 13.3. The first-order valence-corrected chi connectivity index (χ1v) is 6.40. The van der Waals surface area contributed by atoms with Gasteiger partial charge in [-0.1, -0.05) is 0 Å². The van der Waals surface area contributed by atoms with Crippen LogP contribution in [0.2, 0.25) is 0 Å². The van der Waals surface area contributed by atoms with E-state index >= 15 is 0 Å². The number of hydrogen-bond acceptors (Lipinski definition) is 3. The van der Waals surface area contributed by atoms with Crippen LogP contribution < -0.4 is 5.32 Å². The molecule has 5 heteroatoms. The highest BCUT2D eigenvalue weighted by Gasteiger charge is 2.16. The van der Waals surface area contributed by atoms with Crippen LogP contribution in [0.15, 0.2) is 18.2 Å². The van der Waals surface area contributed by atoms with Crippen LogP contribution in [0.4, 0.5) is 10.1 Å². The number of nitrogens with zero attached hydrogens (tertiary/aromatic N) is 3. The van der Waals surface area contributed by atoms with Crippen molar-refractivity contribution in [1.29, 1.82) is 5.26 Å². The molecule has 0 aliphatic carbocycles. The molecule has 0 radical (unpaired) electrons. The molecule has 1 N–H and O–H groups in total. The lowest BCUT2D eigenvalue weighted by Crippen LogP contribution is -2.09. The van der Waals surface area contributed by atoms with E-state index in [2.05, 4.69) is 10.4 Å². The van der Waals surface area contributed by atoms with Crippen molar-refractivity contribution in [3.05, 3.63) is 46.5 Å². The van der Waals surface area contributed by atoms with E-state index in [9.17, 15) is 4.39 Å². The van der Waals surface area contributed by atoms with Crippen molar-refractivity contribution in [2.45, 2.75) is 26.8 Å². The van der Waals surface area contributed by atoms with Crippen molar-refractivity contribution < 1.29 is 4.39 Å². The number of benzene rings is 1. The van der Waals surface area contributed by atoms with Crippen LogP contribution in [-0.2, 0) is 7.05 Å². The van der Waals surface area contributed by atoms with Gasteiger partial charge < -0.3 is 5.32 Å². The summed E-state index contributed by atoms with van der Waals surface area (Å²) in [6.45, 7) is 6.00. The Hall–Kier alpha value is -2.35. The predicted octanol–water partition coefficient (Wildman–Crippen LogP) is 3.22. The Balaban J connectivity index is 2.28. The number of halogens is 1. The molecule has 0 bridgehead atoms. The summed E-state index contributed by atoms with van der Waals surface area (Å²) >= 11 is 0. The summed E-state index contributed by atoms with van der Waals surface area (Å²) in [7, 11) is 1.91. The van der Waals surface area contributed by atoms with Gasteiger partial charge in [0.15, 0.2) is 0 Å². The fourth-order valence-electron chi connectivity index (χ4n) is 2.44. The van der Waals surface area contributed by atoms with Gasteiger partial charge in [-0.25, -0.2) is 4.39 Å². The number of aryl methyl sites for hydroxylation is 2. The van der Waals surface area contributed by atoms with Crippen LogP contribution in [0.5, 0.6) is 0 Å². The molecule has 1 aromatic heterocycles. The largest absolute Gasteiger partial charge is 0.378 e. The van der Waals surface area contributed by atoms with Crippen LogP contribution in [0, 0.1) is 31.0 Å². The van der Waals surface area contributed by atoms with Crippen molar-refractivity contribution in [1.82, 2.24) is 9.78 Å². The van der Waals surface area contributed by atoms with Crippen molar-refractivity contribution in [3.8, 4) is 6.07 Å². The molecule has 0 saturated heterocycles. The lowest BCUT2D eigenvalue weighted by Gasteiger charge is -2.16. The maximum atomic E-state index is 13.3. The Morgan fingerprint density at radius 3 is 2.65 bits per heavy atom. The Morgan fingerprint density at radius 2 is 2.10 bits per heavy atom. The van der Waals surface area contributed by atoms with Gasteiger partial charge >= 0.3 is 0 Å². The van der Waals surface area contributed by atoms with Gasteiger partial charge in [-0.2, -0.15) is 10.4 Å². The minimum absolute atomic E-state index is 0.0284. The highest BCUT2D eigenvalue weighted by Crippen LogP contribution is 2.25. The molecular weight excluding hydrogens is 255 g/mol. The molecule has 2 rings (SSSR count). The number of aromatic nitrogens is 2. The van der Waals surface area contributed by atoms with E-state index in [-0.39, 0.29) is 11.6 Å². The Labute approximate surface area is 117 Å². The van der Waals surface area contributed by atoms with Crippen LogP contribution in [0.25, 0.3) is 0 Å². The van der Waals surface area contributed by atoms with Crippen LogP contribution in [0.1, 0.15) is 35.5 Å². The van der Waals surface area contributed by atoms with E-state index in [0.29, 0.717) is 0 Å². The molecule has 1 atom stereocenters. The van der Waals surface area contributed by atoms with Crippen LogP contribution >= 0.6 is 0 Å². The normalized spacial score (nSPS) is 12.0. The molecule has 0 saturated carbocycles. The number of nitriles is 1. The molecule has 104 valence electrons. The number of hydrogen-bond donors (Lipinski definition) is 1. The summed E-state index contributed by atoms with van der Waals surface area (Å²) in [5, 5.41) is 16.5. The zero-order chi connectivity index (χ0) is 14.9. The molecule has 1 aromatic carbocycles. The number of rotatable bonds is 3. The second kappa shape index (κ2) is 5.33. The zero-order valence-electron chi connectivity index (χ0n) is 12.0. The summed E-state index contributed by atoms with van der Waals surface area (Å²) in [6, 6.07) is 6.33. The molecule has 0 aliphatic heterocycles. The van der Waals surface area contributed by atoms with Gasteiger partial charge in [-0.15, -0.1) is 0 Å². The molecule has 0 spiro atoms. The van der Waals surface area contributed by atoms with E-state index < -0.39 is 5.82 Å². The van der Waals surface area contributed by atoms with Crippen molar-refractivity contribution in [3.63, 3.8) is 0 Å². The summed E-state index contributed by atoms with van der Waals surface area (Å²) in [4.78, 5) is 0. The molecule has 0 aliphatic rings. The summed E-state index contributed by atoms with van der Waals surface area (Å²) in [6.07, 6.45) is 0. The maximum Gasteiger partial charge on any atom is 0.141 e. The van der Waals surface area contributed by atoms with E-state index in [1.165, 1.54) is 12.1 Å². The van der Waals surface area contributed by atoms with Gasteiger partial charge in [0, 0.05) is 24.0 Å². The number of nitrogens with one attached hydrogen (secondary N) is 1. The topological polar surface area (TPSA) is 53.6 Å². The number of anilines is 1. The molecule has 1 heterocycles. The van der Waals surface area contributed by atoms with Gasteiger partial charge in [0.1, 0.15) is 11.9 Å². The third-order valence-electron chi connectivity index (χ3n) is 3.47. The monoisotopic (exact) mass is 272 g/mol. The van der Waals surface area contributed by atoms with Gasteiger partial charge in [0.05, 0.1) is 17.3 Å². The van der Waals surface area contributed by atoms with Crippen molar-refractivity contribution in [2.24, 2.45) is 7.05 Å². The second-order valence-corrected chi connectivity index (χ2v) is 4.88. The van der Waals surface area contributed by atoms with Crippen molar-refractivity contribution in [2.75, 3.05) is 5.32 Å². The fourth-order valence-corrected chi connectivity index (χ4v) is 2.44. The Kier molecular flexibility index (Phi) is 3.75.